The fourth-order valence-corrected chi connectivity index (χ4v) is 7.67. The summed E-state index contributed by atoms with van der Waals surface area (Å²) in [6, 6.07) is 8.11. The van der Waals surface area contributed by atoms with E-state index in [-0.39, 0.29) is 17.1 Å². The van der Waals surface area contributed by atoms with Gasteiger partial charge in [-0.3, -0.25) is 0 Å². The van der Waals surface area contributed by atoms with Crippen molar-refractivity contribution in [2.24, 2.45) is 17.3 Å². The van der Waals surface area contributed by atoms with Gasteiger partial charge < -0.3 is 15.7 Å². The zero-order valence-corrected chi connectivity index (χ0v) is 21.3. The van der Waals surface area contributed by atoms with Crippen molar-refractivity contribution in [1.82, 2.24) is 15.0 Å². The van der Waals surface area contributed by atoms with Crippen molar-refractivity contribution in [3.8, 4) is 10.6 Å². The summed E-state index contributed by atoms with van der Waals surface area (Å²) < 4.78 is 1.11. The van der Waals surface area contributed by atoms with E-state index in [9.17, 15) is 5.11 Å². The summed E-state index contributed by atoms with van der Waals surface area (Å²) in [7, 11) is 0. The standard InChI is InChI=1S/C26H32ClN5OS/c1-25(13-12-16-20(33)26(16,25)2)32-22-19(23-29-17-10-6-7-11-18(17)34-23)21(27)30-24(31-22)28-14-15-8-4-3-5-9-15/h6-7,10-11,15-16,20,33H,3-5,8-9,12-14H2,1-2H3,(H2,28,30,31,32). The predicted molar refractivity (Wildman–Crippen MR) is 140 cm³/mol. The molecule has 3 fully saturated rings. The summed E-state index contributed by atoms with van der Waals surface area (Å²) in [5.41, 5.74) is 1.25. The normalized spacial score (nSPS) is 30.9. The number of para-hydroxylation sites is 1. The van der Waals surface area contributed by atoms with Crippen LogP contribution in [0.25, 0.3) is 20.8 Å². The molecule has 3 saturated carbocycles. The Bertz CT molecular complexity index is 1190. The molecule has 3 N–H and O–H groups in total. The Balaban J connectivity index is 1.37. The molecule has 2 heterocycles. The van der Waals surface area contributed by atoms with E-state index in [2.05, 4.69) is 35.5 Å². The van der Waals surface area contributed by atoms with E-state index in [4.69, 9.17) is 21.6 Å². The fourth-order valence-electron chi connectivity index (χ4n) is 6.34. The molecule has 34 heavy (non-hydrogen) atoms. The molecule has 3 aliphatic rings. The van der Waals surface area contributed by atoms with E-state index < -0.39 is 0 Å². The first-order chi connectivity index (χ1) is 16.4. The van der Waals surface area contributed by atoms with E-state index in [1.165, 1.54) is 32.1 Å². The quantitative estimate of drug-likeness (QED) is 0.344. The zero-order valence-electron chi connectivity index (χ0n) is 19.8. The maximum Gasteiger partial charge on any atom is 0.226 e. The van der Waals surface area contributed by atoms with Crippen molar-refractivity contribution in [1.29, 1.82) is 0 Å². The van der Waals surface area contributed by atoms with Gasteiger partial charge in [-0.15, -0.1) is 11.3 Å². The van der Waals surface area contributed by atoms with Crippen LogP contribution in [0.3, 0.4) is 0 Å². The first-order valence-corrected chi connectivity index (χ1v) is 13.7. The Morgan fingerprint density at radius 2 is 1.88 bits per heavy atom. The van der Waals surface area contributed by atoms with Crippen LogP contribution in [0.2, 0.25) is 5.15 Å². The van der Waals surface area contributed by atoms with Crippen molar-refractivity contribution < 1.29 is 5.11 Å². The van der Waals surface area contributed by atoms with E-state index in [1.807, 2.05) is 18.2 Å². The highest BCUT2D eigenvalue weighted by Crippen LogP contribution is 2.68. The summed E-state index contributed by atoms with van der Waals surface area (Å²) in [4.78, 5) is 14.5. The summed E-state index contributed by atoms with van der Waals surface area (Å²) in [5.74, 6) is 2.26. The van der Waals surface area contributed by atoms with Crippen LogP contribution in [-0.2, 0) is 0 Å². The predicted octanol–water partition coefficient (Wildman–Crippen LogP) is 6.36. The number of nitrogens with zero attached hydrogens (tertiary/aromatic N) is 3. The molecule has 4 unspecified atom stereocenters. The van der Waals surface area contributed by atoms with Crippen LogP contribution in [0.5, 0.6) is 0 Å². The second-order valence-electron chi connectivity index (χ2n) is 10.8. The van der Waals surface area contributed by atoms with Crippen LogP contribution < -0.4 is 10.6 Å². The first-order valence-electron chi connectivity index (χ1n) is 12.5. The van der Waals surface area contributed by atoms with Crippen molar-refractivity contribution in [2.75, 3.05) is 17.2 Å². The molecule has 3 aromatic rings. The number of hydrogen-bond acceptors (Lipinski definition) is 7. The lowest BCUT2D eigenvalue weighted by molar-refractivity contribution is 0.172. The number of anilines is 2. The number of thiazole rings is 1. The first kappa shape index (κ1) is 22.5. The highest BCUT2D eigenvalue weighted by Gasteiger charge is 2.73. The fraction of sp³-hybridized carbons (Fsp3) is 0.577. The number of rotatable bonds is 6. The third-order valence-electron chi connectivity index (χ3n) is 8.84. The third kappa shape index (κ3) is 3.59. The number of hydrogen-bond donors (Lipinski definition) is 3. The van der Waals surface area contributed by atoms with Gasteiger partial charge in [0.15, 0.2) is 0 Å². The molecule has 4 atom stereocenters. The molecule has 1 aromatic carbocycles. The number of nitrogens with one attached hydrogen (secondary N) is 2. The number of aliphatic hydroxyl groups is 1. The summed E-state index contributed by atoms with van der Waals surface area (Å²) in [6.07, 6.45) is 8.19. The molecule has 0 amide bonds. The van der Waals surface area contributed by atoms with Crippen LogP contribution in [0.15, 0.2) is 24.3 Å². The van der Waals surface area contributed by atoms with Gasteiger partial charge in [-0.1, -0.05) is 49.9 Å². The van der Waals surface area contributed by atoms with Crippen LogP contribution in [0.4, 0.5) is 11.8 Å². The van der Waals surface area contributed by atoms with E-state index in [0.29, 0.717) is 28.8 Å². The molecule has 0 aliphatic heterocycles. The molecule has 8 heteroatoms. The summed E-state index contributed by atoms with van der Waals surface area (Å²) in [5, 5.41) is 19.0. The van der Waals surface area contributed by atoms with Crippen LogP contribution in [0.1, 0.15) is 58.8 Å². The highest BCUT2D eigenvalue weighted by molar-refractivity contribution is 7.21. The lowest BCUT2D eigenvalue weighted by Gasteiger charge is -2.35. The minimum absolute atomic E-state index is 0.162. The summed E-state index contributed by atoms with van der Waals surface area (Å²) in [6.45, 7) is 5.26. The molecule has 0 radical (unpaired) electrons. The second kappa shape index (κ2) is 8.32. The van der Waals surface area contributed by atoms with Gasteiger partial charge >= 0.3 is 0 Å². The number of aromatic nitrogens is 3. The minimum atomic E-state index is -0.277. The van der Waals surface area contributed by atoms with Crippen LogP contribution in [0, 0.1) is 17.3 Å². The van der Waals surface area contributed by atoms with Crippen LogP contribution >= 0.6 is 22.9 Å². The van der Waals surface area contributed by atoms with Gasteiger partial charge in [-0.2, -0.15) is 4.98 Å². The Kier molecular flexibility index (Phi) is 5.50. The average Bonchev–Trinajstić information content (AvgIpc) is 3.11. The summed E-state index contributed by atoms with van der Waals surface area (Å²) >= 11 is 8.45. The van der Waals surface area contributed by atoms with E-state index >= 15 is 0 Å². The average molecular weight is 498 g/mol. The molecule has 0 bridgehead atoms. The third-order valence-corrected chi connectivity index (χ3v) is 10.2. The van der Waals surface area contributed by atoms with Gasteiger partial charge in [-0.25, -0.2) is 9.97 Å². The van der Waals surface area contributed by atoms with Gasteiger partial charge in [0.1, 0.15) is 16.0 Å². The SMILES string of the molecule is CC1(Nc2nc(NCC3CCCCC3)nc(Cl)c2-c2nc3ccccc3s2)CCC2C(O)C21C. The second-order valence-corrected chi connectivity index (χ2v) is 12.2. The van der Waals surface area contributed by atoms with Crippen molar-refractivity contribution in [3.63, 3.8) is 0 Å². The number of aliphatic hydroxyl groups excluding tert-OH is 1. The molecule has 180 valence electrons. The minimum Gasteiger partial charge on any atom is -0.392 e. The number of halogens is 1. The topological polar surface area (TPSA) is 83.0 Å². The maximum atomic E-state index is 10.6. The molecular weight excluding hydrogens is 466 g/mol. The van der Waals surface area contributed by atoms with Gasteiger partial charge in [0.25, 0.3) is 0 Å². The molecule has 0 saturated heterocycles. The van der Waals surface area contributed by atoms with Gasteiger partial charge in [0.2, 0.25) is 5.95 Å². The molecule has 6 rings (SSSR count). The smallest absolute Gasteiger partial charge is 0.226 e. The lowest BCUT2D eigenvalue weighted by atomic mass is 9.84. The van der Waals surface area contributed by atoms with Crippen molar-refractivity contribution in [2.45, 2.75) is 70.4 Å². The number of fused-ring (bicyclic) bond motifs is 2. The van der Waals surface area contributed by atoms with Gasteiger partial charge in [-0.05, 0) is 56.6 Å². The Morgan fingerprint density at radius 3 is 2.62 bits per heavy atom. The monoisotopic (exact) mass is 497 g/mol. The molecule has 6 nitrogen and oxygen atoms in total. The Hall–Kier alpha value is -1.96. The Labute approximate surface area is 209 Å². The lowest BCUT2D eigenvalue weighted by Crippen LogP contribution is -2.43. The highest BCUT2D eigenvalue weighted by atomic mass is 35.5. The number of benzene rings is 1. The van der Waals surface area contributed by atoms with Crippen molar-refractivity contribution >= 4 is 44.9 Å². The molecule has 2 aromatic heterocycles. The largest absolute Gasteiger partial charge is 0.392 e. The molecule has 0 spiro atoms. The van der Waals surface area contributed by atoms with Gasteiger partial charge in [0, 0.05) is 17.5 Å². The van der Waals surface area contributed by atoms with E-state index in [1.54, 1.807) is 11.3 Å². The van der Waals surface area contributed by atoms with Crippen LogP contribution in [-0.4, -0.2) is 38.2 Å². The van der Waals surface area contributed by atoms with Crippen molar-refractivity contribution in [3.05, 3.63) is 29.4 Å². The van der Waals surface area contributed by atoms with E-state index in [0.717, 1.165) is 40.2 Å². The maximum absolute atomic E-state index is 10.6. The Morgan fingerprint density at radius 1 is 1.09 bits per heavy atom. The molecular formula is C26H32ClN5OS. The van der Waals surface area contributed by atoms with Gasteiger partial charge in [0.05, 0.1) is 21.9 Å². The molecule has 3 aliphatic carbocycles. The zero-order chi connectivity index (χ0) is 23.5.